The van der Waals surface area contributed by atoms with Crippen LogP contribution in [-0.4, -0.2) is 61.6 Å². The van der Waals surface area contributed by atoms with E-state index in [1.54, 1.807) is 18.3 Å². The first-order valence-electron chi connectivity index (χ1n) is 8.59. The number of hydrogen-bond acceptors (Lipinski definition) is 8. The van der Waals surface area contributed by atoms with Crippen molar-refractivity contribution in [1.29, 1.82) is 5.26 Å². The number of anilines is 1. The molecule has 150 valence electrons. The van der Waals surface area contributed by atoms with Gasteiger partial charge in [-0.05, 0) is 18.2 Å². The number of aromatic nitrogens is 1. The SMILES string of the molecule is CS(=O)(=O)c1cc(C(=O)N2CCN(c3ncccc3C#N)CC2)cc([N+](=O)[O-])c1. The van der Waals surface area contributed by atoms with E-state index in [0.717, 1.165) is 24.5 Å². The largest absolute Gasteiger partial charge is 0.352 e. The van der Waals surface area contributed by atoms with Crippen LogP contribution in [0.5, 0.6) is 0 Å². The number of piperazine rings is 1. The zero-order valence-corrected chi connectivity index (χ0v) is 16.3. The highest BCUT2D eigenvalue weighted by molar-refractivity contribution is 7.90. The highest BCUT2D eigenvalue weighted by Crippen LogP contribution is 2.23. The molecule has 2 heterocycles. The number of nitro benzene ring substituents is 1. The van der Waals surface area contributed by atoms with Gasteiger partial charge in [0.05, 0.1) is 15.4 Å². The summed E-state index contributed by atoms with van der Waals surface area (Å²) >= 11 is 0. The standard InChI is InChI=1S/C18H17N5O5S/c1-29(27,28)16-10-14(9-15(11-16)23(25)26)18(24)22-7-5-21(6-8-22)17-13(12-19)3-2-4-20-17/h2-4,9-11H,5-8H2,1H3. The number of rotatable bonds is 4. The van der Waals surface area contributed by atoms with Crippen LogP contribution in [0.15, 0.2) is 41.4 Å². The third-order valence-corrected chi connectivity index (χ3v) is 5.64. The number of carbonyl (C=O) groups excluding carboxylic acids is 1. The van der Waals surface area contributed by atoms with Gasteiger partial charge in [-0.2, -0.15) is 5.26 Å². The van der Waals surface area contributed by atoms with E-state index in [9.17, 15) is 28.6 Å². The minimum Gasteiger partial charge on any atom is -0.352 e. The number of sulfone groups is 1. The topological polar surface area (TPSA) is 138 Å². The lowest BCUT2D eigenvalue weighted by Crippen LogP contribution is -2.49. The molecule has 0 bridgehead atoms. The maximum Gasteiger partial charge on any atom is 0.271 e. The van der Waals surface area contributed by atoms with E-state index in [1.807, 2.05) is 4.90 Å². The number of hydrogen-bond donors (Lipinski definition) is 0. The summed E-state index contributed by atoms with van der Waals surface area (Å²) in [4.78, 5) is 30.6. The highest BCUT2D eigenvalue weighted by atomic mass is 32.2. The van der Waals surface area contributed by atoms with Gasteiger partial charge in [0.25, 0.3) is 11.6 Å². The van der Waals surface area contributed by atoms with Gasteiger partial charge in [-0.15, -0.1) is 0 Å². The molecule has 1 fully saturated rings. The Balaban J connectivity index is 1.81. The Bertz CT molecular complexity index is 1120. The summed E-state index contributed by atoms with van der Waals surface area (Å²) in [5, 5.41) is 20.4. The Hall–Kier alpha value is -3.52. The molecule has 1 aromatic heterocycles. The lowest BCUT2D eigenvalue weighted by Gasteiger charge is -2.35. The second-order valence-electron chi connectivity index (χ2n) is 6.51. The van der Waals surface area contributed by atoms with Crippen molar-refractivity contribution in [2.75, 3.05) is 37.3 Å². The van der Waals surface area contributed by atoms with Crippen molar-refractivity contribution in [3.63, 3.8) is 0 Å². The predicted molar refractivity (Wildman–Crippen MR) is 103 cm³/mol. The molecule has 0 atom stereocenters. The molecule has 0 N–H and O–H groups in total. The first-order valence-corrected chi connectivity index (χ1v) is 10.5. The molecular formula is C18H17N5O5S. The van der Waals surface area contributed by atoms with Crippen molar-refractivity contribution in [1.82, 2.24) is 9.88 Å². The third kappa shape index (κ3) is 4.33. The summed E-state index contributed by atoms with van der Waals surface area (Å²) in [7, 11) is -3.72. The number of amides is 1. The fourth-order valence-electron chi connectivity index (χ4n) is 3.07. The van der Waals surface area contributed by atoms with Gasteiger partial charge >= 0.3 is 0 Å². The van der Waals surface area contributed by atoms with Crippen molar-refractivity contribution in [3.8, 4) is 6.07 Å². The number of carbonyl (C=O) groups is 1. The second kappa shape index (κ2) is 7.84. The monoisotopic (exact) mass is 415 g/mol. The van der Waals surface area contributed by atoms with E-state index in [4.69, 9.17) is 0 Å². The van der Waals surface area contributed by atoms with Gasteiger partial charge in [-0.3, -0.25) is 14.9 Å². The molecule has 2 aromatic rings. The molecule has 10 nitrogen and oxygen atoms in total. The molecule has 1 saturated heterocycles. The smallest absolute Gasteiger partial charge is 0.271 e. The van der Waals surface area contributed by atoms with Crippen molar-refractivity contribution in [2.24, 2.45) is 0 Å². The zero-order valence-electron chi connectivity index (χ0n) is 15.5. The average Bonchev–Trinajstić information content (AvgIpc) is 2.72. The minimum atomic E-state index is -3.72. The molecule has 0 radical (unpaired) electrons. The van der Waals surface area contributed by atoms with E-state index < -0.39 is 26.4 Å². The fraction of sp³-hybridized carbons (Fsp3) is 0.278. The first-order chi connectivity index (χ1) is 13.7. The summed E-state index contributed by atoms with van der Waals surface area (Å²) in [6, 6.07) is 8.59. The molecule has 0 aliphatic carbocycles. The van der Waals surface area contributed by atoms with Crippen LogP contribution in [0.3, 0.4) is 0 Å². The third-order valence-electron chi connectivity index (χ3n) is 4.55. The molecule has 3 rings (SSSR count). The number of non-ortho nitro benzene ring substituents is 1. The van der Waals surface area contributed by atoms with E-state index in [1.165, 1.54) is 4.90 Å². The molecule has 1 aliphatic heterocycles. The number of nitriles is 1. The molecule has 1 aliphatic rings. The summed E-state index contributed by atoms with van der Waals surface area (Å²) < 4.78 is 23.7. The maximum atomic E-state index is 12.8. The van der Waals surface area contributed by atoms with E-state index in [-0.39, 0.29) is 10.5 Å². The van der Waals surface area contributed by atoms with Crippen molar-refractivity contribution >= 4 is 27.2 Å². The van der Waals surface area contributed by atoms with Crippen LogP contribution in [0.4, 0.5) is 11.5 Å². The van der Waals surface area contributed by atoms with Gasteiger partial charge in [0.15, 0.2) is 9.84 Å². The van der Waals surface area contributed by atoms with Gasteiger partial charge in [0.2, 0.25) is 0 Å². The lowest BCUT2D eigenvalue weighted by atomic mass is 10.1. The fourth-order valence-corrected chi connectivity index (χ4v) is 3.74. The Kier molecular flexibility index (Phi) is 5.47. The molecule has 1 aromatic carbocycles. The molecule has 0 spiro atoms. The highest BCUT2D eigenvalue weighted by Gasteiger charge is 2.26. The van der Waals surface area contributed by atoms with Crippen molar-refractivity contribution in [3.05, 3.63) is 57.8 Å². The van der Waals surface area contributed by atoms with E-state index >= 15 is 0 Å². The first kappa shape index (κ1) is 20.2. The van der Waals surface area contributed by atoms with Crippen LogP contribution in [-0.2, 0) is 9.84 Å². The van der Waals surface area contributed by atoms with Crippen LogP contribution in [0, 0.1) is 21.4 Å². The Morgan fingerprint density at radius 3 is 2.52 bits per heavy atom. The van der Waals surface area contributed by atoms with Crippen LogP contribution >= 0.6 is 0 Å². The number of benzene rings is 1. The Morgan fingerprint density at radius 1 is 1.24 bits per heavy atom. The number of nitro groups is 1. The zero-order chi connectivity index (χ0) is 21.2. The van der Waals surface area contributed by atoms with Crippen LogP contribution in [0.25, 0.3) is 0 Å². The normalized spacial score (nSPS) is 14.3. The van der Waals surface area contributed by atoms with Gasteiger partial charge in [0.1, 0.15) is 11.9 Å². The van der Waals surface area contributed by atoms with Crippen molar-refractivity contribution < 1.29 is 18.1 Å². The molecule has 0 saturated carbocycles. The quantitative estimate of drug-likeness (QED) is 0.537. The van der Waals surface area contributed by atoms with Crippen LogP contribution in [0.2, 0.25) is 0 Å². The van der Waals surface area contributed by atoms with Gasteiger partial charge < -0.3 is 9.80 Å². The minimum absolute atomic E-state index is 0.0522. The average molecular weight is 415 g/mol. The Morgan fingerprint density at radius 2 is 1.93 bits per heavy atom. The lowest BCUT2D eigenvalue weighted by molar-refractivity contribution is -0.385. The van der Waals surface area contributed by atoms with E-state index in [0.29, 0.717) is 37.6 Å². The van der Waals surface area contributed by atoms with Crippen LogP contribution in [0.1, 0.15) is 15.9 Å². The second-order valence-corrected chi connectivity index (χ2v) is 8.53. The van der Waals surface area contributed by atoms with Gasteiger partial charge in [-0.25, -0.2) is 13.4 Å². The number of nitrogens with zero attached hydrogens (tertiary/aromatic N) is 5. The van der Waals surface area contributed by atoms with Crippen molar-refractivity contribution in [2.45, 2.75) is 4.90 Å². The maximum absolute atomic E-state index is 12.8. The summed E-state index contributed by atoms with van der Waals surface area (Å²) in [6.07, 6.45) is 2.52. The molecule has 11 heteroatoms. The van der Waals surface area contributed by atoms with Gasteiger partial charge in [-0.1, -0.05) is 0 Å². The van der Waals surface area contributed by atoms with Gasteiger partial charge in [0, 0.05) is 56.3 Å². The number of pyridine rings is 1. The van der Waals surface area contributed by atoms with E-state index in [2.05, 4.69) is 11.1 Å². The molecular weight excluding hydrogens is 398 g/mol. The summed E-state index contributed by atoms with van der Waals surface area (Å²) in [5.74, 6) is 0.0524. The molecule has 29 heavy (non-hydrogen) atoms. The summed E-state index contributed by atoms with van der Waals surface area (Å²) in [5.41, 5.74) is -0.0746. The van der Waals surface area contributed by atoms with Crippen LogP contribution < -0.4 is 4.90 Å². The summed E-state index contributed by atoms with van der Waals surface area (Å²) in [6.45, 7) is 1.45. The molecule has 0 unspecified atom stereocenters. The predicted octanol–water partition coefficient (Wildman–Crippen LogP) is 1.23. The molecule has 1 amide bonds. The Labute approximate surface area is 167 Å².